The fourth-order valence-electron chi connectivity index (χ4n) is 2.74. The quantitative estimate of drug-likeness (QED) is 0.559. The van der Waals surface area contributed by atoms with Crippen LogP contribution in [0.4, 0.5) is 0 Å². The van der Waals surface area contributed by atoms with Gasteiger partial charge in [0.1, 0.15) is 0 Å². The minimum Gasteiger partial charge on any atom is -0.347 e. The fourth-order valence-corrected chi connectivity index (χ4v) is 3.82. The number of fused-ring (bicyclic) bond motifs is 1. The van der Waals surface area contributed by atoms with Gasteiger partial charge >= 0.3 is 0 Å². The zero-order chi connectivity index (χ0) is 19.0. The second-order valence-corrected chi connectivity index (χ2v) is 7.81. The predicted molar refractivity (Wildman–Crippen MR) is 97.7 cm³/mol. The molecule has 0 spiro atoms. The number of terminal acetylenes is 1. The first-order chi connectivity index (χ1) is 12.4. The molecule has 1 aliphatic rings. The molecule has 0 saturated carbocycles. The summed E-state index contributed by atoms with van der Waals surface area (Å²) in [4.78, 5) is 23.2. The molecule has 2 amide bonds. The van der Waals surface area contributed by atoms with Gasteiger partial charge in [-0.15, -0.1) is 6.42 Å². The third kappa shape index (κ3) is 5.86. The lowest BCUT2D eigenvalue weighted by Gasteiger charge is -2.16. The molecule has 0 saturated heterocycles. The molecule has 8 heteroatoms. The summed E-state index contributed by atoms with van der Waals surface area (Å²) >= 11 is 0. The van der Waals surface area contributed by atoms with Crippen molar-refractivity contribution in [2.45, 2.75) is 37.0 Å². The van der Waals surface area contributed by atoms with Crippen molar-refractivity contribution in [1.82, 2.24) is 15.4 Å². The first kappa shape index (κ1) is 19.9. The normalized spacial score (nSPS) is 13.3. The van der Waals surface area contributed by atoms with Gasteiger partial charge in [-0.25, -0.2) is 13.1 Å². The lowest BCUT2D eigenvalue weighted by Crippen LogP contribution is -2.38. The second kappa shape index (κ2) is 9.36. The number of hydrogen-bond acceptors (Lipinski definition) is 4. The third-order valence-electron chi connectivity index (χ3n) is 4.11. The monoisotopic (exact) mass is 377 g/mol. The van der Waals surface area contributed by atoms with Gasteiger partial charge in [-0.3, -0.25) is 9.59 Å². The summed E-state index contributed by atoms with van der Waals surface area (Å²) in [6.07, 6.45) is 9.02. The minimum absolute atomic E-state index is 0.0444. The first-order valence-corrected chi connectivity index (χ1v) is 9.99. The van der Waals surface area contributed by atoms with E-state index in [4.69, 9.17) is 6.42 Å². The largest absolute Gasteiger partial charge is 0.347 e. The molecule has 1 aromatic rings. The molecule has 140 valence electrons. The Morgan fingerprint density at radius 1 is 1.08 bits per heavy atom. The van der Waals surface area contributed by atoms with Gasteiger partial charge in [0.15, 0.2) is 0 Å². The predicted octanol–water partition coefficient (Wildman–Crippen LogP) is 0.0994. The molecule has 0 heterocycles. The van der Waals surface area contributed by atoms with Crippen LogP contribution in [0.2, 0.25) is 0 Å². The molecule has 3 N–H and O–H groups in total. The summed E-state index contributed by atoms with van der Waals surface area (Å²) in [6, 6.07) is 5.18. The SMILES string of the molecule is C#CCNC(=O)CNC(=O)CCNS(=O)(=O)c1ccc2c(c1)CCCC2. The number of nitrogens with one attached hydrogen (secondary N) is 3. The molecule has 0 radical (unpaired) electrons. The lowest BCUT2D eigenvalue weighted by atomic mass is 9.92. The Labute approximate surface area is 154 Å². The van der Waals surface area contributed by atoms with Crippen LogP contribution in [0.25, 0.3) is 0 Å². The topological polar surface area (TPSA) is 104 Å². The van der Waals surface area contributed by atoms with E-state index in [1.54, 1.807) is 12.1 Å². The number of carbonyl (C=O) groups is 2. The van der Waals surface area contributed by atoms with Crippen LogP contribution < -0.4 is 15.4 Å². The molecule has 0 bridgehead atoms. The van der Waals surface area contributed by atoms with E-state index < -0.39 is 21.8 Å². The van der Waals surface area contributed by atoms with Crippen molar-refractivity contribution < 1.29 is 18.0 Å². The van der Waals surface area contributed by atoms with E-state index in [1.165, 1.54) is 5.56 Å². The van der Waals surface area contributed by atoms with Crippen molar-refractivity contribution in [3.05, 3.63) is 29.3 Å². The van der Waals surface area contributed by atoms with Crippen LogP contribution in [-0.2, 0) is 32.5 Å². The third-order valence-corrected chi connectivity index (χ3v) is 5.57. The molecule has 2 rings (SSSR count). The van der Waals surface area contributed by atoms with Gasteiger partial charge in [-0.1, -0.05) is 12.0 Å². The maximum atomic E-state index is 12.4. The van der Waals surface area contributed by atoms with Crippen LogP contribution in [-0.4, -0.2) is 39.9 Å². The van der Waals surface area contributed by atoms with Gasteiger partial charge in [0.25, 0.3) is 0 Å². The maximum absolute atomic E-state index is 12.4. The van der Waals surface area contributed by atoms with E-state index in [0.717, 1.165) is 31.2 Å². The molecule has 0 unspecified atom stereocenters. The Morgan fingerprint density at radius 3 is 2.54 bits per heavy atom. The van der Waals surface area contributed by atoms with E-state index in [9.17, 15) is 18.0 Å². The molecular formula is C18H23N3O4S. The van der Waals surface area contributed by atoms with E-state index in [0.29, 0.717) is 0 Å². The Hall–Kier alpha value is -2.37. The highest BCUT2D eigenvalue weighted by atomic mass is 32.2. The van der Waals surface area contributed by atoms with Crippen LogP contribution in [0.15, 0.2) is 23.1 Å². The molecule has 0 aliphatic heterocycles. The number of aryl methyl sites for hydroxylation is 2. The number of hydrogen-bond donors (Lipinski definition) is 3. The Bertz CT molecular complexity index is 812. The summed E-state index contributed by atoms with van der Waals surface area (Å²) in [6.45, 7) is -0.148. The Kier molecular flexibility index (Phi) is 7.18. The van der Waals surface area contributed by atoms with Gasteiger partial charge in [0.05, 0.1) is 18.0 Å². The zero-order valence-electron chi connectivity index (χ0n) is 14.5. The summed E-state index contributed by atoms with van der Waals surface area (Å²) < 4.78 is 27.1. The van der Waals surface area contributed by atoms with Crippen LogP contribution >= 0.6 is 0 Å². The van der Waals surface area contributed by atoms with E-state index in [1.807, 2.05) is 6.07 Å². The molecule has 1 aliphatic carbocycles. The Morgan fingerprint density at radius 2 is 1.81 bits per heavy atom. The molecular weight excluding hydrogens is 354 g/mol. The van der Waals surface area contributed by atoms with Crippen LogP contribution in [0, 0.1) is 12.3 Å². The van der Waals surface area contributed by atoms with E-state index in [-0.39, 0.29) is 31.0 Å². The number of sulfonamides is 1. The smallest absolute Gasteiger partial charge is 0.240 e. The summed E-state index contributed by atoms with van der Waals surface area (Å²) in [7, 11) is -3.66. The van der Waals surface area contributed by atoms with Crippen LogP contribution in [0.1, 0.15) is 30.4 Å². The van der Waals surface area contributed by atoms with Crippen LogP contribution in [0.3, 0.4) is 0 Å². The number of amides is 2. The van der Waals surface area contributed by atoms with Gasteiger partial charge in [0, 0.05) is 13.0 Å². The van der Waals surface area contributed by atoms with Gasteiger partial charge in [-0.05, 0) is 48.9 Å². The number of carbonyl (C=O) groups excluding carboxylic acids is 2. The lowest BCUT2D eigenvalue weighted by molar-refractivity contribution is -0.125. The van der Waals surface area contributed by atoms with E-state index >= 15 is 0 Å². The first-order valence-electron chi connectivity index (χ1n) is 8.50. The van der Waals surface area contributed by atoms with Crippen LogP contribution in [0.5, 0.6) is 0 Å². The molecule has 0 atom stereocenters. The highest BCUT2D eigenvalue weighted by Crippen LogP contribution is 2.23. The highest BCUT2D eigenvalue weighted by Gasteiger charge is 2.17. The fraction of sp³-hybridized carbons (Fsp3) is 0.444. The Balaban J connectivity index is 1.80. The van der Waals surface area contributed by atoms with Crippen molar-refractivity contribution in [3.8, 4) is 12.3 Å². The zero-order valence-corrected chi connectivity index (χ0v) is 15.3. The van der Waals surface area contributed by atoms with Gasteiger partial charge in [-0.2, -0.15) is 0 Å². The minimum atomic E-state index is -3.66. The van der Waals surface area contributed by atoms with Crippen molar-refractivity contribution in [3.63, 3.8) is 0 Å². The maximum Gasteiger partial charge on any atom is 0.240 e. The van der Waals surface area contributed by atoms with Gasteiger partial charge < -0.3 is 10.6 Å². The summed E-state index contributed by atoms with van der Waals surface area (Å²) in [5, 5.41) is 4.82. The summed E-state index contributed by atoms with van der Waals surface area (Å²) in [5.74, 6) is 1.43. The molecule has 7 nitrogen and oxygen atoms in total. The standard InChI is InChI=1S/C18H23N3O4S/c1-2-10-19-18(23)13-20-17(22)9-11-21-26(24,25)16-8-7-14-5-3-4-6-15(14)12-16/h1,7-8,12,21H,3-6,9-11,13H2,(H,19,23)(H,20,22). The highest BCUT2D eigenvalue weighted by molar-refractivity contribution is 7.89. The summed E-state index contributed by atoms with van der Waals surface area (Å²) in [5.41, 5.74) is 2.28. The van der Waals surface area contributed by atoms with Crippen molar-refractivity contribution >= 4 is 21.8 Å². The average Bonchev–Trinajstić information content (AvgIpc) is 2.64. The van der Waals surface area contributed by atoms with E-state index in [2.05, 4.69) is 21.3 Å². The average molecular weight is 377 g/mol. The second-order valence-electron chi connectivity index (χ2n) is 6.04. The number of benzene rings is 1. The van der Waals surface area contributed by atoms with Crippen molar-refractivity contribution in [2.75, 3.05) is 19.6 Å². The molecule has 26 heavy (non-hydrogen) atoms. The van der Waals surface area contributed by atoms with Crippen molar-refractivity contribution in [1.29, 1.82) is 0 Å². The van der Waals surface area contributed by atoms with Gasteiger partial charge in [0.2, 0.25) is 21.8 Å². The number of rotatable bonds is 8. The molecule has 0 aromatic heterocycles. The van der Waals surface area contributed by atoms with Crippen molar-refractivity contribution in [2.24, 2.45) is 0 Å². The molecule has 0 fully saturated rings. The molecule has 1 aromatic carbocycles.